The number of carbonyl (C=O) groups excluding carboxylic acids is 1. The number of ether oxygens (including phenoxy) is 2. The number of benzene rings is 2. The molecular weight excluding hydrogens is 344 g/mol. The van der Waals surface area contributed by atoms with Gasteiger partial charge in [0.1, 0.15) is 12.9 Å². The molecule has 0 heterocycles. The highest BCUT2D eigenvalue weighted by atomic mass is 79.9. The fraction of sp³-hybridized carbons (Fsp3) is 0.133. The molecule has 0 saturated heterocycles. The molecule has 0 fully saturated rings. The van der Waals surface area contributed by atoms with Gasteiger partial charge in [-0.1, -0.05) is 23.7 Å². The van der Waals surface area contributed by atoms with E-state index < -0.39 is 0 Å². The largest absolute Gasteiger partial charge is 0.493 e. The van der Waals surface area contributed by atoms with Gasteiger partial charge in [0.2, 0.25) is 0 Å². The lowest BCUT2D eigenvalue weighted by atomic mass is 10.2. The number of aldehydes is 1. The lowest BCUT2D eigenvalue weighted by molar-refractivity contribution is 0.112. The minimum Gasteiger partial charge on any atom is -0.493 e. The van der Waals surface area contributed by atoms with Crippen molar-refractivity contribution in [2.45, 2.75) is 6.61 Å². The summed E-state index contributed by atoms with van der Waals surface area (Å²) in [6.45, 7) is 0.382. The van der Waals surface area contributed by atoms with E-state index in [0.717, 1.165) is 11.8 Å². The minimum absolute atomic E-state index is 0.382. The number of hydrogen-bond acceptors (Lipinski definition) is 3. The first-order valence-electron chi connectivity index (χ1n) is 5.84. The second-order valence-corrected chi connectivity index (χ2v) is 5.36. The number of methoxy groups -OCH3 is 1. The van der Waals surface area contributed by atoms with Crippen LogP contribution in [0.4, 0.5) is 0 Å². The van der Waals surface area contributed by atoms with Crippen molar-refractivity contribution in [2.24, 2.45) is 0 Å². The smallest absolute Gasteiger partial charge is 0.175 e. The van der Waals surface area contributed by atoms with E-state index in [9.17, 15) is 4.79 Å². The molecule has 104 valence electrons. The molecule has 0 saturated carbocycles. The van der Waals surface area contributed by atoms with E-state index in [4.69, 9.17) is 21.1 Å². The molecule has 0 N–H and O–H groups in total. The minimum atomic E-state index is 0.382. The highest BCUT2D eigenvalue weighted by Gasteiger charge is 2.11. The third-order valence-electron chi connectivity index (χ3n) is 2.68. The second kappa shape index (κ2) is 6.77. The zero-order valence-electron chi connectivity index (χ0n) is 10.7. The first-order chi connectivity index (χ1) is 9.63. The fourth-order valence-electron chi connectivity index (χ4n) is 1.68. The van der Waals surface area contributed by atoms with Crippen molar-refractivity contribution in [1.29, 1.82) is 0 Å². The molecule has 0 aromatic heterocycles. The van der Waals surface area contributed by atoms with E-state index in [1.54, 1.807) is 12.1 Å². The van der Waals surface area contributed by atoms with E-state index in [0.29, 0.717) is 33.2 Å². The zero-order chi connectivity index (χ0) is 14.5. The predicted octanol–water partition coefficient (Wildman–Crippen LogP) is 4.50. The summed E-state index contributed by atoms with van der Waals surface area (Å²) in [4.78, 5) is 10.8. The van der Waals surface area contributed by atoms with Crippen LogP contribution in [0.2, 0.25) is 5.02 Å². The SMILES string of the molecule is COc1cc(C=O)cc(Br)c1OCc1ccc(Cl)cc1. The van der Waals surface area contributed by atoms with Crippen molar-refractivity contribution in [3.63, 3.8) is 0 Å². The Bertz CT molecular complexity index is 611. The number of hydrogen-bond donors (Lipinski definition) is 0. The molecule has 5 heteroatoms. The maximum atomic E-state index is 10.8. The van der Waals surface area contributed by atoms with Crippen LogP contribution in [0.3, 0.4) is 0 Å². The topological polar surface area (TPSA) is 35.5 Å². The number of carbonyl (C=O) groups is 1. The van der Waals surface area contributed by atoms with Crippen molar-refractivity contribution in [1.82, 2.24) is 0 Å². The molecule has 2 aromatic rings. The molecule has 0 aliphatic carbocycles. The van der Waals surface area contributed by atoms with Crippen molar-refractivity contribution in [2.75, 3.05) is 7.11 Å². The van der Waals surface area contributed by atoms with Gasteiger partial charge >= 0.3 is 0 Å². The van der Waals surface area contributed by atoms with Gasteiger partial charge in [0.15, 0.2) is 11.5 Å². The molecular formula is C15H12BrClO3. The predicted molar refractivity (Wildman–Crippen MR) is 81.9 cm³/mol. The molecule has 0 unspecified atom stereocenters. The molecule has 3 nitrogen and oxygen atoms in total. The Labute approximate surface area is 130 Å². The normalized spacial score (nSPS) is 10.2. The Kier molecular flexibility index (Phi) is 5.04. The molecule has 0 amide bonds. The first-order valence-corrected chi connectivity index (χ1v) is 7.01. The summed E-state index contributed by atoms with van der Waals surface area (Å²) in [5, 5.41) is 0.683. The van der Waals surface area contributed by atoms with Gasteiger partial charge in [-0.15, -0.1) is 0 Å². The van der Waals surface area contributed by atoms with Gasteiger partial charge in [-0.25, -0.2) is 0 Å². The molecule has 0 atom stereocenters. The molecule has 20 heavy (non-hydrogen) atoms. The zero-order valence-corrected chi connectivity index (χ0v) is 13.1. The van der Waals surface area contributed by atoms with Gasteiger partial charge in [-0.2, -0.15) is 0 Å². The first kappa shape index (κ1) is 14.9. The summed E-state index contributed by atoms with van der Waals surface area (Å²) in [6, 6.07) is 10.7. The Morgan fingerprint density at radius 1 is 1.25 bits per heavy atom. The summed E-state index contributed by atoms with van der Waals surface area (Å²) >= 11 is 9.21. The van der Waals surface area contributed by atoms with Gasteiger partial charge in [-0.3, -0.25) is 4.79 Å². The van der Waals surface area contributed by atoms with E-state index in [1.165, 1.54) is 7.11 Å². The summed E-state index contributed by atoms with van der Waals surface area (Å²) in [5.74, 6) is 1.07. The monoisotopic (exact) mass is 354 g/mol. The summed E-state index contributed by atoms with van der Waals surface area (Å²) < 4.78 is 11.7. The highest BCUT2D eigenvalue weighted by molar-refractivity contribution is 9.10. The lowest BCUT2D eigenvalue weighted by Gasteiger charge is -2.13. The van der Waals surface area contributed by atoms with Gasteiger partial charge in [0, 0.05) is 10.6 Å². The van der Waals surface area contributed by atoms with Crippen LogP contribution < -0.4 is 9.47 Å². The van der Waals surface area contributed by atoms with E-state index in [-0.39, 0.29) is 0 Å². The quantitative estimate of drug-likeness (QED) is 0.741. The van der Waals surface area contributed by atoms with Crippen LogP contribution in [0.5, 0.6) is 11.5 Å². The standard InChI is InChI=1S/C15H12BrClO3/c1-19-14-7-11(8-18)6-13(16)15(14)20-9-10-2-4-12(17)5-3-10/h2-8H,9H2,1H3. The fourth-order valence-corrected chi connectivity index (χ4v) is 2.38. The summed E-state index contributed by atoms with van der Waals surface area (Å²) in [5.41, 5.74) is 1.51. The van der Waals surface area contributed by atoms with Crippen molar-refractivity contribution >= 4 is 33.8 Å². The Hall–Kier alpha value is -1.52. The third kappa shape index (κ3) is 3.52. The highest BCUT2D eigenvalue weighted by Crippen LogP contribution is 2.36. The average Bonchev–Trinajstić information content (AvgIpc) is 2.47. The van der Waals surface area contributed by atoms with Gasteiger partial charge in [-0.05, 0) is 45.8 Å². The van der Waals surface area contributed by atoms with Crippen LogP contribution in [-0.4, -0.2) is 13.4 Å². The third-order valence-corrected chi connectivity index (χ3v) is 3.53. The molecule has 2 aromatic carbocycles. The maximum absolute atomic E-state index is 10.8. The molecule has 0 aliphatic rings. The van der Waals surface area contributed by atoms with Crippen LogP contribution in [-0.2, 0) is 6.61 Å². The van der Waals surface area contributed by atoms with Gasteiger partial charge < -0.3 is 9.47 Å². The van der Waals surface area contributed by atoms with Gasteiger partial charge in [0.05, 0.1) is 11.6 Å². The van der Waals surface area contributed by atoms with E-state index >= 15 is 0 Å². The van der Waals surface area contributed by atoms with E-state index in [2.05, 4.69) is 15.9 Å². The number of halogens is 2. The number of rotatable bonds is 5. The second-order valence-electron chi connectivity index (χ2n) is 4.07. The van der Waals surface area contributed by atoms with Crippen molar-refractivity contribution in [3.8, 4) is 11.5 Å². The molecule has 0 spiro atoms. The summed E-state index contributed by atoms with van der Waals surface area (Å²) in [6.07, 6.45) is 0.760. The van der Waals surface area contributed by atoms with Crippen LogP contribution in [0.1, 0.15) is 15.9 Å². The molecule has 0 radical (unpaired) electrons. The maximum Gasteiger partial charge on any atom is 0.175 e. The van der Waals surface area contributed by atoms with E-state index in [1.807, 2.05) is 24.3 Å². The average molecular weight is 356 g/mol. The van der Waals surface area contributed by atoms with Gasteiger partial charge in [0.25, 0.3) is 0 Å². The molecule has 2 rings (SSSR count). The Morgan fingerprint density at radius 3 is 2.55 bits per heavy atom. The lowest BCUT2D eigenvalue weighted by Crippen LogP contribution is -1.99. The van der Waals surface area contributed by atoms with Crippen molar-refractivity contribution in [3.05, 3.63) is 57.0 Å². The Morgan fingerprint density at radius 2 is 1.95 bits per heavy atom. The molecule has 0 aliphatic heterocycles. The van der Waals surface area contributed by atoms with Crippen molar-refractivity contribution < 1.29 is 14.3 Å². The molecule has 0 bridgehead atoms. The summed E-state index contributed by atoms with van der Waals surface area (Å²) in [7, 11) is 1.53. The van der Waals surface area contributed by atoms with Crippen LogP contribution in [0.15, 0.2) is 40.9 Å². The van der Waals surface area contributed by atoms with Crippen LogP contribution >= 0.6 is 27.5 Å². The Balaban J connectivity index is 2.20. The van der Waals surface area contributed by atoms with Crippen LogP contribution in [0, 0.1) is 0 Å². The van der Waals surface area contributed by atoms with Crippen LogP contribution in [0.25, 0.3) is 0 Å².